The fraction of sp³-hybridized carbons (Fsp3) is 0.577. The van der Waals surface area contributed by atoms with Crippen LogP contribution in [0.2, 0.25) is 0 Å². The molecule has 1 aromatic carbocycles. The van der Waals surface area contributed by atoms with Gasteiger partial charge in [-0.3, -0.25) is 14.9 Å². The zero-order chi connectivity index (χ0) is 27.1. The second kappa shape index (κ2) is 12.9. The quantitative estimate of drug-likeness (QED) is 0.217. The van der Waals surface area contributed by atoms with Crippen LogP contribution < -0.4 is 15.4 Å². The van der Waals surface area contributed by atoms with Gasteiger partial charge in [0, 0.05) is 36.2 Å². The summed E-state index contributed by atoms with van der Waals surface area (Å²) in [5.74, 6) is -1.96. The van der Waals surface area contributed by atoms with Gasteiger partial charge in [-0.1, -0.05) is 19.9 Å². The van der Waals surface area contributed by atoms with E-state index in [0.29, 0.717) is 38.1 Å². The van der Waals surface area contributed by atoms with Crippen molar-refractivity contribution in [3.05, 3.63) is 30.0 Å². The number of aromatic nitrogens is 1. The fourth-order valence-electron chi connectivity index (χ4n) is 4.64. The van der Waals surface area contributed by atoms with Crippen LogP contribution in [-0.2, 0) is 20.8 Å². The van der Waals surface area contributed by atoms with Crippen LogP contribution in [0.4, 0.5) is 0 Å². The van der Waals surface area contributed by atoms with Gasteiger partial charge in [-0.15, -0.1) is 0 Å². The van der Waals surface area contributed by atoms with E-state index in [0.717, 1.165) is 16.5 Å². The van der Waals surface area contributed by atoms with Gasteiger partial charge in [0.2, 0.25) is 5.91 Å². The third kappa shape index (κ3) is 7.43. The highest BCUT2D eigenvalue weighted by Crippen LogP contribution is 2.30. The van der Waals surface area contributed by atoms with Crippen molar-refractivity contribution in [2.24, 2.45) is 0 Å². The van der Waals surface area contributed by atoms with Crippen molar-refractivity contribution in [3.63, 3.8) is 0 Å². The van der Waals surface area contributed by atoms with Crippen LogP contribution >= 0.6 is 0 Å². The number of carbonyl (C=O) groups excluding carboxylic acids is 1. The molecule has 1 aromatic heterocycles. The number of fused-ring (bicyclic) bond motifs is 1. The van der Waals surface area contributed by atoms with Gasteiger partial charge in [-0.2, -0.15) is 0 Å². The summed E-state index contributed by atoms with van der Waals surface area (Å²) >= 11 is 0. The number of H-pyrrole nitrogens is 1. The zero-order valence-corrected chi connectivity index (χ0v) is 21.6. The Hall–Kier alpha value is -3.15. The first-order chi connectivity index (χ1) is 17.6. The van der Waals surface area contributed by atoms with Crippen molar-refractivity contribution < 1.29 is 34.4 Å². The standard InChI is InChI=1S/C26H38N4O7/c1-15(2)27-13-18(31)14-37-22-8-4-6-19-23(22)17(12-28-19)9-10-20(25(33)34)29-16(3)24(32)30-11-5-7-21(30)26(35)36/h4,6,8,12,15-16,18,20-21,27-29,31H,5,7,9-11,13-14H2,1-3H3,(H,33,34)(H,35,36)/t16-,18?,20?,21-/m0/s1. The fourth-order valence-corrected chi connectivity index (χ4v) is 4.64. The average Bonchev–Trinajstić information content (AvgIpc) is 3.51. The molecule has 11 nitrogen and oxygen atoms in total. The van der Waals surface area contributed by atoms with E-state index in [1.54, 1.807) is 6.92 Å². The molecular weight excluding hydrogens is 480 g/mol. The predicted octanol–water partition coefficient (Wildman–Crippen LogP) is 1.35. The Labute approximate surface area is 216 Å². The average molecular weight is 519 g/mol. The minimum Gasteiger partial charge on any atom is -0.490 e. The molecule has 3 rings (SSSR count). The minimum absolute atomic E-state index is 0.107. The molecule has 1 amide bonds. The number of nitrogens with zero attached hydrogens (tertiary/aromatic N) is 1. The van der Waals surface area contributed by atoms with Crippen LogP contribution in [0.5, 0.6) is 5.75 Å². The highest BCUT2D eigenvalue weighted by molar-refractivity contribution is 5.90. The van der Waals surface area contributed by atoms with Crippen molar-refractivity contribution in [3.8, 4) is 5.75 Å². The molecule has 2 heterocycles. The van der Waals surface area contributed by atoms with Crippen LogP contribution in [0.1, 0.15) is 45.6 Å². The lowest BCUT2D eigenvalue weighted by molar-refractivity contribution is -0.149. The maximum atomic E-state index is 12.8. The molecule has 0 spiro atoms. The van der Waals surface area contributed by atoms with Gasteiger partial charge < -0.3 is 35.3 Å². The number of benzene rings is 1. The lowest BCUT2D eigenvalue weighted by Gasteiger charge is -2.27. The number of aliphatic hydroxyl groups excluding tert-OH is 1. The van der Waals surface area contributed by atoms with Crippen LogP contribution in [0.15, 0.2) is 24.4 Å². The topological polar surface area (TPSA) is 164 Å². The molecule has 0 aliphatic carbocycles. The first kappa shape index (κ1) is 28.4. The maximum absolute atomic E-state index is 12.8. The highest BCUT2D eigenvalue weighted by Gasteiger charge is 2.36. The van der Waals surface area contributed by atoms with Gasteiger partial charge in [0.15, 0.2) is 0 Å². The molecule has 0 saturated carbocycles. The van der Waals surface area contributed by atoms with E-state index in [4.69, 9.17) is 4.74 Å². The molecule has 37 heavy (non-hydrogen) atoms. The molecule has 1 aliphatic heterocycles. The largest absolute Gasteiger partial charge is 0.490 e. The lowest BCUT2D eigenvalue weighted by atomic mass is 10.0. The third-order valence-electron chi connectivity index (χ3n) is 6.59. The van der Waals surface area contributed by atoms with Gasteiger partial charge in [0.25, 0.3) is 0 Å². The van der Waals surface area contributed by atoms with Crippen molar-refractivity contribution in [1.82, 2.24) is 20.5 Å². The molecule has 11 heteroatoms. The van der Waals surface area contributed by atoms with E-state index in [9.17, 15) is 29.7 Å². The number of hydrogen-bond acceptors (Lipinski definition) is 7. The first-order valence-corrected chi connectivity index (χ1v) is 12.7. The van der Waals surface area contributed by atoms with Gasteiger partial charge in [0.1, 0.15) is 30.5 Å². The van der Waals surface area contributed by atoms with E-state index < -0.39 is 42.1 Å². The summed E-state index contributed by atoms with van der Waals surface area (Å²) in [7, 11) is 0. The Bertz CT molecular complexity index is 1090. The molecule has 2 aromatic rings. The highest BCUT2D eigenvalue weighted by atomic mass is 16.5. The number of carbonyl (C=O) groups is 3. The summed E-state index contributed by atoms with van der Waals surface area (Å²) in [6, 6.07) is 3.07. The monoisotopic (exact) mass is 518 g/mol. The summed E-state index contributed by atoms with van der Waals surface area (Å²) in [6.07, 6.45) is 2.72. The maximum Gasteiger partial charge on any atom is 0.326 e. The Morgan fingerprint density at radius 2 is 1.97 bits per heavy atom. The van der Waals surface area contributed by atoms with Crippen molar-refractivity contribution in [1.29, 1.82) is 0 Å². The van der Waals surface area contributed by atoms with Crippen LogP contribution in [0, 0.1) is 0 Å². The number of rotatable bonds is 14. The van der Waals surface area contributed by atoms with E-state index >= 15 is 0 Å². The van der Waals surface area contributed by atoms with Crippen LogP contribution in [0.25, 0.3) is 10.9 Å². The summed E-state index contributed by atoms with van der Waals surface area (Å²) in [5, 5.41) is 36.2. The normalized spacial score (nSPS) is 18.2. The number of carboxylic acid groups (broad SMARTS) is 2. The Kier molecular flexibility index (Phi) is 9.90. The first-order valence-electron chi connectivity index (χ1n) is 12.7. The molecule has 1 saturated heterocycles. The van der Waals surface area contributed by atoms with E-state index in [2.05, 4.69) is 15.6 Å². The second-order valence-electron chi connectivity index (χ2n) is 9.87. The van der Waals surface area contributed by atoms with E-state index in [-0.39, 0.29) is 19.1 Å². The summed E-state index contributed by atoms with van der Waals surface area (Å²) in [6.45, 7) is 6.41. The molecule has 1 aliphatic rings. The number of hydrogen-bond donors (Lipinski definition) is 6. The number of carboxylic acids is 2. The molecule has 2 unspecified atom stereocenters. The summed E-state index contributed by atoms with van der Waals surface area (Å²) < 4.78 is 5.91. The molecule has 1 fully saturated rings. The molecule has 4 atom stereocenters. The second-order valence-corrected chi connectivity index (χ2v) is 9.87. The number of aliphatic hydroxyl groups is 1. The predicted molar refractivity (Wildman–Crippen MR) is 138 cm³/mol. The Balaban J connectivity index is 1.65. The van der Waals surface area contributed by atoms with Gasteiger partial charge in [-0.05, 0) is 50.3 Å². The van der Waals surface area contributed by atoms with Crippen molar-refractivity contribution >= 4 is 28.7 Å². The Morgan fingerprint density at radius 3 is 2.65 bits per heavy atom. The van der Waals surface area contributed by atoms with Gasteiger partial charge in [-0.25, -0.2) is 4.79 Å². The summed E-state index contributed by atoms with van der Waals surface area (Å²) in [4.78, 5) is 40.8. The van der Waals surface area contributed by atoms with Gasteiger partial charge >= 0.3 is 11.9 Å². The molecule has 6 N–H and O–H groups in total. The van der Waals surface area contributed by atoms with Crippen molar-refractivity contribution in [2.45, 2.75) is 76.7 Å². The molecule has 204 valence electrons. The number of nitrogens with one attached hydrogen (secondary N) is 3. The van der Waals surface area contributed by atoms with E-state index in [1.165, 1.54) is 4.90 Å². The Morgan fingerprint density at radius 1 is 1.22 bits per heavy atom. The lowest BCUT2D eigenvalue weighted by Crippen LogP contribution is -2.53. The SMILES string of the molecule is CC(C)NCC(O)COc1cccc2[nH]cc(CCC(N[C@@H](C)C(=O)N3CCC[C@H]3C(=O)O)C(=O)O)c12. The summed E-state index contributed by atoms with van der Waals surface area (Å²) in [5.41, 5.74) is 1.69. The van der Waals surface area contributed by atoms with Crippen LogP contribution in [-0.4, -0.2) is 93.0 Å². The third-order valence-corrected chi connectivity index (χ3v) is 6.59. The number of aliphatic carboxylic acids is 2. The smallest absolute Gasteiger partial charge is 0.326 e. The zero-order valence-electron chi connectivity index (χ0n) is 21.6. The number of likely N-dealkylation sites (tertiary alicyclic amines) is 1. The van der Waals surface area contributed by atoms with Crippen LogP contribution in [0.3, 0.4) is 0 Å². The molecule has 0 radical (unpaired) electrons. The molecule has 0 bridgehead atoms. The number of ether oxygens (including phenoxy) is 1. The van der Waals surface area contributed by atoms with Crippen molar-refractivity contribution in [2.75, 3.05) is 19.7 Å². The number of aromatic amines is 1. The number of aryl methyl sites for hydroxylation is 1. The van der Waals surface area contributed by atoms with Gasteiger partial charge in [0.05, 0.1) is 6.04 Å². The minimum atomic E-state index is -1.09. The molecular formula is C26H38N4O7. The van der Waals surface area contributed by atoms with E-state index in [1.807, 2.05) is 38.2 Å². The number of amides is 1.